The van der Waals surface area contributed by atoms with Crippen molar-refractivity contribution in [1.82, 2.24) is 4.90 Å². The van der Waals surface area contributed by atoms with E-state index in [1.54, 1.807) is 0 Å². The Hall–Kier alpha value is -2.07. The maximum atomic E-state index is 11.3. The Morgan fingerprint density at radius 2 is 1.89 bits per heavy atom. The van der Waals surface area contributed by atoms with Crippen LogP contribution >= 0.6 is 0 Å². The maximum absolute atomic E-state index is 11.3. The molecule has 18 heavy (non-hydrogen) atoms. The van der Waals surface area contributed by atoms with Gasteiger partial charge in [-0.25, -0.2) is 0 Å². The summed E-state index contributed by atoms with van der Waals surface area (Å²) in [6.07, 6.45) is 1.10. The minimum absolute atomic E-state index is 0.344. The van der Waals surface area contributed by atoms with Crippen LogP contribution in [0.3, 0.4) is 0 Å². The van der Waals surface area contributed by atoms with Gasteiger partial charge < -0.3 is 9.52 Å². The lowest BCUT2D eigenvalue weighted by Crippen LogP contribution is -2.16. The summed E-state index contributed by atoms with van der Waals surface area (Å²) in [6.45, 7) is 2.30. The van der Waals surface area contributed by atoms with Gasteiger partial charge in [-0.2, -0.15) is 0 Å². The van der Waals surface area contributed by atoms with Crippen LogP contribution in [0, 0.1) is 0 Å². The molecule has 2 aromatic rings. The van der Waals surface area contributed by atoms with Crippen LogP contribution in [0.25, 0.3) is 0 Å². The summed E-state index contributed by atoms with van der Waals surface area (Å²) in [5.41, 5.74) is 2.24. The van der Waals surface area contributed by atoms with Gasteiger partial charge in [-0.05, 0) is 11.1 Å². The lowest BCUT2D eigenvalue weighted by Gasteiger charge is -2.13. The van der Waals surface area contributed by atoms with Crippen LogP contribution in [0.1, 0.15) is 16.9 Å². The standard InChI is InChI=1S/C14H13NO3/c16-13-5-12(18-9-14(13)17)8-15-6-10-3-1-2-4-11(10)7-15/h1-5,9,17H,6-8H2. The average Bonchev–Trinajstić information content (AvgIpc) is 2.76. The van der Waals surface area contributed by atoms with Gasteiger partial charge in [0.15, 0.2) is 5.75 Å². The van der Waals surface area contributed by atoms with E-state index >= 15 is 0 Å². The molecule has 0 amide bonds. The quantitative estimate of drug-likeness (QED) is 0.874. The summed E-state index contributed by atoms with van der Waals surface area (Å²) < 4.78 is 5.21. The summed E-state index contributed by atoms with van der Waals surface area (Å²) in [5.74, 6) is 0.231. The van der Waals surface area contributed by atoms with Crippen molar-refractivity contribution in [1.29, 1.82) is 0 Å². The molecule has 0 radical (unpaired) electrons. The summed E-state index contributed by atoms with van der Waals surface area (Å²) in [7, 11) is 0. The van der Waals surface area contributed by atoms with Crippen LogP contribution in [-0.2, 0) is 19.6 Å². The van der Waals surface area contributed by atoms with Crippen molar-refractivity contribution in [3.8, 4) is 5.75 Å². The average molecular weight is 243 g/mol. The van der Waals surface area contributed by atoms with Crippen molar-refractivity contribution in [3.05, 3.63) is 63.7 Å². The Bertz CT molecular complexity index is 608. The molecule has 0 saturated carbocycles. The van der Waals surface area contributed by atoms with Gasteiger partial charge in [0.25, 0.3) is 0 Å². The van der Waals surface area contributed by atoms with Crippen molar-refractivity contribution in [2.75, 3.05) is 0 Å². The van der Waals surface area contributed by atoms with E-state index in [-0.39, 0.29) is 5.75 Å². The van der Waals surface area contributed by atoms with E-state index in [9.17, 15) is 4.79 Å². The SMILES string of the molecule is O=c1cc(CN2Cc3ccccc3C2)occ1O. The van der Waals surface area contributed by atoms with Crippen molar-refractivity contribution >= 4 is 0 Å². The third kappa shape index (κ3) is 2.02. The van der Waals surface area contributed by atoms with Crippen LogP contribution in [0.15, 0.2) is 45.8 Å². The number of fused-ring (bicyclic) bond motifs is 1. The minimum Gasteiger partial charge on any atom is -0.502 e. The van der Waals surface area contributed by atoms with Crippen molar-refractivity contribution in [3.63, 3.8) is 0 Å². The van der Waals surface area contributed by atoms with E-state index in [0.29, 0.717) is 12.3 Å². The first-order valence-corrected chi connectivity index (χ1v) is 5.82. The minimum atomic E-state index is -0.395. The van der Waals surface area contributed by atoms with E-state index in [1.807, 2.05) is 12.1 Å². The molecule has 1 aromatic heterocycles. The molecule has 0 aliphatic carbocycles. The second kappa shape index (κ2) is 4.31. The summed E-state index contributed by atoms with van der Waals surface area (Å²) in [6, 6.07) is 9.63. The predicted molar refractivity (Wildman–Crippen MR) is 66.0 cm³/mol. The van der Waals surface area contributed by atoms with Gasteiger partial charge in [0.1, 0.15) is 12.0 Å². The number of rotatable bonds is 2. The molecule has 4 nitrogen and oxygen atoms in total. The Balaban J connectivity index is 1.76. The Kier molecular flexibility index (Phi) is 2.64. The number of hydrogen-bond donors (Lipinski definition) is 1. The first-order valence-electron chi connectivity index (χ1n) is 5.82. The largest absolute Gasteiger partial charge is 0.502 e. The zero-order valence-corrected chi connectivity index (χ0v) is 9.80. The van der Waals surface area contributed by atoms with Gasteiger partial charge in [0.05, 0.1) is 6.54 Å². The molecular formula is C14H13NO3. The van der Waals surface area contributed by atoms with Gasteiger partial charge in [-0.3, -0.25) is 9.69 Å². The lowest BCUT2D eigenvalue weighted by atomic mass is 10.1. The molecule has 1 aromatic carbocycles. The lowest BCUT2D eigenvalue weighted by molar-refractivity contribution is 0.246. The fraction of sp³-hybridized carbons (Fsp3) is 0.214. The summed E-state index contributed by atoms with van der Waals surface area (Å²) in [4.78, 5) is 13.5. The topological polar surface area (TPSA) is 53.7 Å². The van der Waals surface area contributed by atoms with Crippen molar-refractivity contribution < 1.29 is 9.52 Å². The predicted octanol–water partition coefficient (Wildman–Crippen LogP) is 1.86. The molecule has 0 atom stereocenters. The number of nitrogens with zero attached hydrogens (tertiary/aromatic N) is 1. The fourth-order valence-electron chi connectivity index (χ4n) is 2.26. The van der Waals surface area contributed by atoms with E-state index in [4.69, 9.17) is 9.52 Å². The first kappa shape index (κ1) is 11.0. The Morgan fingerprint density at radius 3 is 2.50 bits per heavy atom. The summed E-state index contributed by atoms with van der Waals surface area (Å²) >= 11 is 0. The van der Waals surface area contributed by atoms with Crippen LogP contribution in [0.4, 0.5) is 0 Å². The molecule has 0 saturated heterocycles. The second-order valence-corrected chi connectivity index (χ2v) is 4.51. The molecule has 0 fully saturated rings. The second-order valence-electron chi connectivity index (χ2n) is 4.51. The first-order chi connectivity index (χ1) is 8.72. The molecule has 1 aliphatic rings. The van der Waals surface area contributed by atoms with Crippen molar-refractivity contribution in [2.45, 2.75) is 19.6 Å². The van der Waals surface area contributed by atoms with Gasteiger partial charge >= 0.3 is 0 Å². The van der Waals surface area contributed by atoms with Crippen LogP contribution in [0.5, 0.6) is 5.75 Å². The van der Waals surface area contributed by atoms with Crippen LogP contribution in [-0.4, -0.2) is 10.0 Å². The highest BCUT2D eigenvalue weighted by Gasteiger charge is 2.19. The highest BCUT2D eigenvalue weighted by molar-refractivity contribution is 5.30. The van der Waals surface area contributed by atoms with Gasteiger partial charge in [-0.1, -0.05) is 24.3 Å². The van der Waals surface area contributed by atoms with Crippen molar-refractivity contribution in [2.24, 2.45) is 0 Å². The van der Waals surface area contributed by atoms with Gasteiger partial charge in [-0.15, -0.1) is 0 Å². The molecule has 4 heteroatoms. The Morgan fingerprint density at radius 1 is 1.22 bits per heavy atom. The molecule has 0 bridgehead atoms. The Labute approximate surface area is 104 Å². The maximum Gasteiger partial charge on any atom is 0.226 e. The molecular weight excluding hydrogens is 230 g/mol. The highest BCUT2D eigenvalue weighted by atomic mass is 16.4. The fourth-order valence-corrected chi connectivity index (χ4v) is 2.26. The number of benzene rings is 1. The smallest absolute Gasteiger partial charge is 0.226 e. The highest BCUT2D eigenvalue weighted by Crippen LogP contribution is 2.23. The molecule has 2 heterocycles. The molecule has 3 rings (SSSR count). The third-order valence-electron chi connectivity index (χ3n) is 3.15. The molecule has 1 N–H and O–H groups in total. The van der Waals surface area contributed by atoms with Gasteiger partial charge in [0.2, 0.25) is 5.43 Å². The van der Waals surface area contributed by atoms with E-state index in [1.165, 1.54) is 17.2 Å². The zero-order chi connectivity index (χ0) is 12.5. The van der Waals surface area contributed by atoms with Crippen LogP contribution in [0.2, 0.25) is 0 Å². The monoisotopic (exact) mass is 243 g/mol. The molecule has 92 valence electrons. The molecule has 0 spiro atoms. The summed E-state index contributed by atoms with van der Waals surface area (Å²) in [5, 5.41) is 9.13. The normalized spacial score (nSPS) is 14.7. The zero-order valence-electron chi connectivity index (χ0n) is 9.80. The van der Waals surface area contributed by atoms with Gasteiger partial charge in [0, 0.05) is 19.2 Å². The molecule has 1 aliphatic heterocycles. The van der Waals surface area contributed by atoms with E-state index in [0.717, 1.165) is 19.4 Å². The number of hydrogen-bond acceptors (Lipinski definition) is 4. The van der Waals surface area contributed by atoms with E-state index < -0.39 is 5.43 Å². The molecule has 0 unspecified atom stereocenters. The van der Waals surface area contributed by atoms with E-state index in [2.05, 4.69) is 17.0 Å². The number of aromatic hydroxyl groups is 1. The third-order valence-corrected chi connectivity index (χ3v) is 3.15. The van der Waals surface area contributed by atoms with Crippen LogP contribution < -0.4 is 5.43 Å².